The Labute approximate surface area is 54.5 Å². The van der Waals surface area contributed by atoms with Crippen molar-refractivity contribution in [2.45, 2.75) is 13.0 Å². The molecule has 0 aliphatic rings. The van der Waals surface area contributed by atoms with E-state index in [1.807, 2.05) is 12.5 Å². The second-order valence-electron chi connectivity index (χ2n) is 2.01. The second kappa shape index (κ2) is 3.25. The Morgan fingerprint density at radius 2 is 2.44 bits per heavy atom. The standard InChI is InChI=1S/C6H11N3/c7-2-1-4-9-5-3-8-6-9/h3,5-6H,1-2,4,7H2/p+1. The molecule has 0 radical (unpaired) electrons. The van der Waals surface area contributed by atoms with Gasteiger partial charge in [-0.2, -0.15) is 0 Å². The van der Waals surface area contributed by atoms with Gasteiger partial charge in [-0.1, -0.05) is 0 Å². The van der Waals surface area contributed by atoms with Crippen molar-refractivity contribution in [2.75, 3.05) is 6.54 Å². The maximum absolute atomic E-state index is 3.92. The van der Waals surface area contributed by atoms with Crippen molar-refractivity contribution in [1.29, 1.82) is 0 Å². The summed E-state index contributed by atoms with van der Waals surface area (Å²) in [4.78, 5) is 3.92. The molecule has 3 N–H and O–H groups in total. The summed E-state index contributed by atoms with van der Waals surface area (Å²) in [7, 11) is 0. The summed E-state index contributed by atoms with van der Waals surface area (Å²) >= 11 is 0. The number of nitrogens with zero attached hydrogens (tertiary/aromatic N) is 2. The first kappa shape index (κ1) is 6.29. The van der Waals surface area contributed by atoms with Gasteiger partial charge in [0.05, 0.1) is 12.9 Å². The number of rotatable bonds is 3. The summed E-state index contributed by atoms with van der Waals surface area (Å²) in [5.74, 6) is 0. The first-order valence-electron chi connectivity index (χ1n) is 3.18. The van der Waals surface area contributed by atoms with Gasteiger partial charge in [0.25, 0.3) is 0 Å². The Hall–Kier alpha value is -0.830. The SMILES string of the molecule is [NH3+]CCCn1ccnc1. The number of imidazole rings is 1. The van der Waals surface area contributed by atoms with E-state index in [1.54, 1.807) is 6.20 Å². The van der Waals surface area contributed by atoms with Gasteiger partial charge in [-0.3, -0.25) is 0 Å². The average Bonchev–Trinajstić information content (AvgIpc) is 2.34. The van der Waals surface area contributed by atoms with Crippen LogP contribution < -0.4 is 5.73 Å². The van der Waals surface area contributed by atoms with E-state index in [0.29, 0.717) is 0 Å². The minimum atomic E-state index is 0.998. The molecule has 0 bridgehead atoms. The number of quaternary nitrogens is 1. The molecular formula is C6H12N3+. The van der Waals surface area contributed by atoms with Gasteiger partial charge in [-0.15, -0.1) is 0 Å². The fourth-order valence-electron chi connectivity index (χ4n) is 0.713. The molecule has 1 aromatic heterocycles. The molecule has 0 atom stereocenters. The highest BCUT2D eigenvalue weighted by Gasteiger charge is 1.86. The van der Waals surface area contributed by atoms with Crippen molar-refractivity contribution < 1.29 is 5.73 Å². The molecule has 0 saturated heterocycles. The predicted octanol–water partition coefficient (Wildman–Crippen LogP) is -0.485. The van der Waals surface area contributed by atoms with Crippen molar-refractivity contribution in [3.8, 4) is 0 Å². The lowest BCUT2D eigenvalue weighted by Crippen LogP contribution is -2.50. The van der Waals surface area contributed by atoms with Crippen LogP contribution in [0.15, 0.2) is 18.7 Å². The fraction of sp³-hybridized carbons (Fsp3) is 0.500. The Bertz CT molecular complexity index is 145. The van der Waals surface area contributed by atoms with E-state index in [0.717, 1.165) is 19.5 Å². The van der Waals surface area contributed by atoms with Gasteiger partial charge in [-0.05, 0) is 0 Å². The third-order valence-electron chi connectivity index (χ3n) is 1.23. The van der Waals surface area contributed by atoms with Crippen LogP contribution in [0.3, 0.4) is 0 Å². The summed E-state index contributed by atoms with van der Waals surface area (Å²) in [6.07, 6.45) is 6.73. The summed E-state index contributed by atoms with van der Waals surface area (Å²) in [6.45, 7) is 2.04. The maximum Gasteiger partial charge on any atom is 0.0945 e. The lowest BCUT2D eigenvalue weighted by molar-refractivity contribution is -0.368. The summed E-state index contributed by atoms with van der Waals surface area (Å²) in [5.41, 5.74) is 3.75. The van der Waals surface area contributed by atoms with Crippen LogP contribution in [0.2, 0.25) is 0 Å². The van der Waals surface area contributed by atoms with E-state index in [-0.39, 0.29) is 0 Å². The monoisotopic (exact) mass is 126 g/mol. The highest BCUT2D eigenvalue weighted by atomic mass is 15.0. The molecule has 1 aromatic rings. The fourth-order valence-corrected chi connectivity index (χ4v) is 0.713. The van der Waals surface area contributed by atoms with Gasteiger partial charge in [0, 0.05) is 25.4 Å². The molecule has 1 heterocycles. The molecule has 9 heavy (non-hydrogen) atoms. The average molecular weight is 126 g/mol. The van der Waals surface area contributed by atoms with Crippen LogP contribution in [0.4, 0.5) is 0 Å². The van der Waals surface area contributed by atoms with E-state index in [2.05, 4.69) is 15.3 Å². The molecule has 1 rings (SSSR count). The Morgan fingerprint density at radius 3 is 3.00 bits per heavy atom. The van der Waals surface area contributed by atoms with E-state index < -0.39 is 0 Å². The molecule has 0 spiro atoms. The summed E-state index contributed by atoms with van der Waals surface area (Å²) < 4.78 is 2.06. The van der Waals surface area contributed by atoms with Crippen molar-refractivity contribution in [3.05, 3.63) is 18.7 Å². The maximum atomic E-state index is 3.92. The highest BCUT2D eigenvalue weighted by molar-refractivity contribution is 4.73. The second-order valence-corrected chi connectivity index (χ2v) is 2.01. The molecule has 0 aliphatic heterocycles. The van der Waals surface area contributed by atoms with Gasteiger partial charge >= 0.3 is 0 Å². The summed E-state index contributed by atoms with van der Waals surface area (Å²) in [5, 5.41) is 0. The van der Waals surface area contributed by atoms with Gasteiger partial charge in [0.2, 0.25) is 0 Å². The van der Waals surface area contributed by atoms with Crippen molar-refractivity contribution in [1.82, 2.24) is 9.55 Å². The van der Waals surface area contributed by atoms with Crippen LogP contribution in [0, 0.1) is 0 Å². The van der Waals surface area contributed by atoms with Gasteiger partial charge < -0.3 is 10.3 Å². The number of aryl methyl sites for hydroxylation is 1. The Balaban J connectivity index is 2.30. The molecule has 0 fully saturated rings. The smallest absolute Gasteiger partial charge is 0.0945 e. The predicted molar refractivity (Wildman–Crippen MR) is 34.6 cm³/mol. The first-order valence-corrected chi connectivity index (χ1v) is 3.18. The zero-order chi connectivity index (χ0) is 6.53. The zero-order valence-electron chi connectivity index (χ0n) is 5.45. The highest BCUT2D eigenvalue weighted by Crippen LogP contribution is 1.86. The number of hydrogen-bond acceptors (Lipinski definition) is 1. The minimum Gasteiger partial charge on any atom is -0.358 e. The Morgan fingerprint density at radius 1 is 1.56 bits per heavy atom. The van der Waals surface area contributed by atoms with E-state index >= 15 is 0 Å². The van der Waals surface area contributed by atoms with Crippen LogP contribution in [0.5, 0.6) is 0 Å². The van der Waals surface area contributed by atoms with Gasteiger partial charge in [0.1, 0.15) is 0 Å². The van der Waals surface area contributed by atoms with Crippen LogP contribution >= 0.6 is 0 Å². The van der Waals surface area contributed by atoms with E-state index in [4.69, 9.17) is 0 Å². The number of aromatic nitrogens is 2. The van der Waals surface area contributed by atoms with Crippen LogP contribution in [0.1, 0.15) is 6.42 Å². The van der Waals surface area contributed by atoms with Gasteiger partial charge in [-0.25, -0.2) is 4.98 Å². The quantitative estimate of drug-likeness (QED) is 0.584. The topological polar surface area (TPSA) is 45.5 Å². The third-order valence-corrected chi connectivity index (χ3v) is 1.23. The van der Waals surface area contributed by atoms with Crippen LogP contribution in [-0.2, 0) is 6.54 Å². The first-order chi connectivity index (χ1) is 4.43. The molecule has 0 aromatic carbocycles. The van der Waals surface area contributed by atoms with Crippen molar-refractivity contribution >= 4 is 0 Å². The molecule has 0 aliphatic carbocycles. The molecule has 0 unspecified atom stereocenters. The Kier molecular flexibility index (Phi) is 2.27. The molecule has 0 saturated carbocycles. The van der Waals surface area contributed by atoms with Crippen LogP contribution in [-0.4, -0.2) is 16.1 Å². The lowest BCUT2D eigenvalue weighted by Gasteiger charge is -1.95. The van der Waals surface area contributed by atoms with Crippen LogP contribution in [0.25, 0.3) is 0 Å². The summed E-state index contributed by atoms with van der Waals surface area (Å²) in [6, 6.07) is 0. The molecule has 3 heteroatoms. The van der Waals surface area contributed by atoms with E-state index in [1.165, 1.54) is 0 Å². The molecular weight excluding hydrogens is 114 g/mol. The third kappa shape index (κ3) is 1.85. The molecule has 50 valence electrons. The molecule has 0 amide bonds. The lowest BCUT2D eigenvalue weighted by atomic mass is 10.4. The van der Waals surface area contributed by atoms with Gasteiger partial charge in [0.15, 0.2) is 0 Å². The largest absolute Gasteiger partial charge is 0.358 e. The van der Waals surface area contributed by atoms with E-state index in [9.17, 15) is 0 Å². The molecule has 3 nitrogen and oxygen atoms in total. The van der Waals surface area contributed by atoms with Crippen molar-refractivity contribution in [2.24, 2.45) is 0 Å². The zero-order valence-corrected chi connectivity index (χ0v) is 5.45. The normalized spacial score (nSPS) is 9.89. The number of hydrogen-bond donors (Lipinski definition) is 1. The minimum absolute atomic E-state index is 0.998. The van der Waals surface area contributed by atoms with Crippen molar-refractivity contribution in [3.63, 3.8) is 0 Å².